The highest BCUT2D eigenvalue weighted by Gasteiger charge is 2.31. The molecule has 0 aliphatic carbocycles. The van der Waals surface area contributed by atoms with Gasteiger partial charge in [-0.1, -0.05) is 30.6 Å². The standard InChI is InChI=1S/C17H25ClFN3O3Si/c1-7-24-17-12(11(4)23)8-13(18)16(19)15(17)14(21-22-20)9-25-26(5,6)10(2)3/h8,10,14H,7,9H2,1-6H3. The zero-order valence-electron chi connectivity index (χ0n) is 16.0. The first kappa shape index (κ1) is 22.4. The third-order valence-electron chi connectivity index (χ3n) is 4.40. The van der Waals surface area contributed by atoms with E-state index in [-0.39, 0.29) is 40.9 Å². The highest BCUT2D eigenvalue weighted by Crippen LogP contribution is 2.39. The van der Waals surface area contributed by atoms with Gasteiger partial charge in [0.15, 0.2) is 14.1 Å². The number of ketones is 1. The van der Waals surface area contributed by atoms with E-state index in [4.69, 9.17) is 26.3 Å². The Morgan fingerprint density at radius 1 is 1.46 bits per heavy atom. The van der Waals surface area contributed by atoms with Crippen molar-refractivity contribution in [1.82, 2.24) is 0 Å². The van der Waals surface area contributed by atoms with Gasteiger partial charge >= 0.3 is 0 Å². The zero-order valence-corrected chi connectivity index (χ0v) is 17.7. The van der Waals surface area contributed by atoms with E-state index in [1.165, 1.54) is 13.0 Å². The molecule has 0 radical (unpaired) electrons. The molecule has 9 heteroatoms. The Labute approximate surface area is 159 Å². The summed E-state index contributed by atoms with van der Waals surface area (Å²) in [7, 11) is -2.05. The van der Waals surface area contributed by atoms with Crippen LogP contribution in [0.1, 0.15) is 49.7 Å². The largest absolute Gasteiger partial charge is 0.493 e. The summed E-state index contributed by atoms with van der Waals surface area (Å²) in [5, 5.41) is 3.46. The maximum Gasteiger partial charge on any atom is 0.189 e. The number of nitrogens with zero attached hydrogens (tertiary/aromatic N) is 3. The molecule has 0 spiro atoms. The van der Waals surface area contributed by atoms with Crippen molar-refractivity contribution in [3.63, 3.8) is 0 Å². The second kappa shape index (κ2) is 9.37. The van der Waals surface area contributed by atoms with Crippen molar-refractivity contribution in [1.29, 1.82) is 0 Å². The van der Waals surface area contributed by atoms with Crippen LogP contribution in [0.15, 0.2) is 11.2 Å². The van der Waals surface area contributed by atoms with Crippen LogP contribution in [0.4, 0.5) is 4.39 Å². The first-order valence-corrected chi connectivity index (χ1v) is 11.8. The molecule has 0 aromatic heterocycles. The quantitative estimate of drug-likeness (QED) is 0.165. The predicted molar refractivity (Wildman–Crippen MR) is 103 cm³/mol. The Kier molecular flexibility index (Phi) is 8.08. The molecular formula is C17H25ClFN3O3Si. The van der Waals surface area contributed by atoms with Crippen molar-refractivity contribution in [2.24, 2.45) is 5.11 Å². The third kappa shape index (κ3) is 5.20. The number of carbonyl (C=O) groups excluding carboxylic acids is 1. The molecule has 6 nitrogen and oxygen atoms in total. The minimum atomic E-state index is -2.05. The Balaban J connectivity index is 3.50. The Hall–Kier alpha value is -1.60. The van der Waals surface area contributed by atoms with Crippen LogP contribution in [0.3, 0.4) is 0 Å². The number of azide groups is 1. The van der Waals surface area contributed by atoms with Crippen molar-refractivity contribution < 1.29 is 18.3 Å². The fourth-order valence-electron chi connectivity index (χ4n) is 2.19. The van der Waals surface area contributed by atoms with Crippen LogP contribution in [-0.4, -0.2) is 27.3 Å². The lowest BCUT2D eigenvalue weighted by Crippen LogP contribution is -2.35. The topological polar surface area (TPSA) is 84.3 Å². The molecule has 0 amide bonds. The average molecular weight is 402 g/mol. The summed E-state index contributed by atoms with van der Waals surface area (Å²) >= 11 is 5.97. The third-order valence-corrected chi connectivity index (χ3v) is 8.37. The number of carbonyl (C=O) groups is 1. The van der Waals surface area contributed by atoms with Gasteiger partial charge in [0.05, 0.1) is 23.2 Å². The average Bonchev–Trinajstić information content (AvgIpc) is 2.55. The maximum atomic E-state index is 14.8. The van der Waals surface area contributed by atoms with Gasteiger partial charge in [-0.3, -0.25) is 4.79 Å². The molecular weight excluding hydrogens is 377 g/mol. The fraction of sp³-hybridized carbons (Fsp3) is 0.588. The van der Waals surface area contributed by atoms with Crippen LogP contribution in [0.2, 0.25) is 23.7 Å². The van der Waals surface area contributed by atoms with E-state index in [0.29, 0.717) is 5.54 Å². The molecule has 0 aliphatic heterocycles. The molecule has 1 unspecified atom stereocenters. The van der Waals surface area contributed by atoms with Crippen LogP contribution < -0.4 is 4.74 Å². The summed E-state index contributed by atoms with van der Waals surface area (Å²) in [6.07, 6.45) is 0. The molecule has 0 saturated carbocycles. The summed E-state index contributed by atoms with van der Waals surface area (Å²) in [6.45, 7) is 11.4. The highest BCUT2D eigenvalue weighted by atomic mass is 35.5. The lowest BCUT2D eigenvalue weighted by Gasteiger charge is -2.29. The van der Waals surface area contributed by atoms with Gasteiger partial charge in [-0.05, 0) is 44.1 Å². The summed E-state index contributed by atoms with van der Waals surface area (Å²) in [5.74, 6) is -1.05. The van der Waals surface area contributed by atoms with E-state index in [0.717, 1.165) is 0 Å². The molecule has 1 atom stereocenters. The molecule has 0 N–H and O–H groups in total. The van der Waals surface area contributed by atoms with Crippen LogP contribution in [-0.2, 0) is 4.43 Å². The van der Waals surface area contributed by atoms with E-state index in [2.05, 4.69) is 10.0 Å². The second-order valence-electron chi connectivity index (χ2n) is 6.74. The summed E-state index contributed by atoms with van der Waals surface area (Å²) in [4.78, 5) is 14.8. The Morgan fingerprint density at radius 3 is 2.54 bits per heavy atom. The molecule has 1 rings (SSSR count). The smallest absolute Gasteiger partial charge is 0.189 e. The number of hydrogen-bond acceptors (Lipinski definition) is 4. The van der Waals surface area contributed by atoms with E-state index in [1.54, 1.807) is 6.92 Å². The molecule has 0 saturated heterocycles. The number of rotatable bonds is 9. The van der Waals surface area contributed by atoms with Gasteiger partial charge in [-0.25, -0.2) is 4.39 Å². The SMILES string of the molecule is CCOc1c(C(C)=O)cc(Cl)c(F)c1C(CO[Si](C)(C)C(C)C)N=[N+]=[N-]. The van der Waals surface area contributed by atoms with E-state index < -0.39 is 20.2 Å². The first-order chi connectivity index (χ1) is 12.1. The summed E-state index contributed by atoms with van der Waals surface area (Å²) in [5.41, 5.74) is 9.36. The Bertz CT molecular complexity index is 722. The number of Topliss-reactive ketones (excluding diaryl/α,β-unsaturated/α-hetero) is 1. The van der Waals surface area contributed by atoms with Gasteiger partial charge in [0.1, 0.15) is 11.6 Å². The molecule has 1 aromatic rings. The lowest BCUT2D eigenvalue weighted by atomic mass is 10.00. The van der Waals surface area contributed by atoms with Crippen LogP contribution in [0.25, 0.3) is 10.4 Å². The fourth-order valence-corrected chi connectivity index (χ4v) is 3.32. The molecule has 1 aromatic carbocycles. The number of halogens is 2. The van der Waals surface area contributed by atoms with Gasteiger partial charge in [-0.15, -0.1) is 0 Å². The lowest BCUT2D eigenvalue weighted by molar-refractivity contribution is 0.101. The van der Waals surface area contributed by atoms with Crippen LogP contribution in [0.5, 0.6) is 5.75 Å². The number of benzene rings is 1. The molecule has 0 heterocycles. The van der Waals surface area contributed by atoms with Gasteiger partial charge in [-0.2, -0.15) is 0 Å². The van der Waals surface area contributed by atoms with Gasteiger partial charge in [0.25, 0.3) is 0 Å². The monoisotopic (exact) mass is 401 g/mol. The van der Waals surface area contributed by atoms with Gasteiger partial charge < -0.3 is 9.16 Å². The van der Waals surface area contributed by atoms with Gasteiger partial charge in [0.2, 0.25) is 0 Å². The first-order valence-electron chi connectivity index (χ1n) is 8.40. The van der Waals surface area contributed by atoms with E-state index >= 15 is 0 Å². The minimum absolute atomic E-state index is 0.0177. The minimum Gasteiger partial charge on any atom is -0.493 e. The van der Waals surface area contributed by atoms with Crippen molar-refractivity contribution in [2.45, 2.75) is 52.4 Å². The van der Waals surface area contributed by atoms with E-state index in [1.807, 2.05) is 26.9 Å². The zero-order chi connectivity index (χ0) is 20.1. The molecule has 144 valence electrons. The van der Waals surface area contributed by atoms with Crippen molar-refractivity contribution in [3.05, 3.63) is 38.5 Å². The highest BCUT2D eigenvalue weighted by molar-refractivity contribution is 6.72. The van der Waals surface area contributed by atoms with Crippen molar-refractivity contribution >= 4 is 25.7 Å². The van der Waals surface area contributed by atoms with E-state index in [9.17, 15) is 9.18 Å². The number of ether oxygens (including phenoxy) is 1. The van der Waals surface area contributed by atoms with Crippen LogP contribution >= 0.6 is 11.6 Å². The molecule has 0 fully saturated rings. The van der Waals surface area contributed by atoms with Crippen molar-refractivity contribution in [3.8, 4) is 5.75 Å². The predicted octanol–water partition coefficient (Wildman–Crippen LogP) is 6.06. The number of hydrogen-bond donors (Lipinski definition) is 0. The summed E-state index contributed by atoms with van der Waals surface area (Å²) < 4.78 is 26.4. The van der Waals surface area contributed by atoms with Crippen LogP contribution in [0, 0.1) is 5.82 Å². The molecule has 0 bridgehead atoms. The second-order valence-corrected chi connectivity index (χ2v) is 11.8. The summed E-state index contributed by atoms with van der Waals surface area (Å²) in [6, 6.07) is 0.234. The Morgan fingerprint density at radius 2 is 2.08 bits per heavy atom. The maximum absolute atomic E-state index is 14.8. The van der Waals surface area contributed by atoms with Crippen molar-refractivity contribution in [2.75, 3.05) is 13.2 Å². The molecule has 26 heavy (non-hydrogen) atoms. The van der Waals surface area contributed by atoms with Gasteiger partial charge in [0, 0.05) is 17.1 Å². The normalized spacial score (nSPS) is 12.7. The molecule has 0 aliphatic rings.